The Bertz CT molecular complexity index is 611. The minimum absolute atomic E-state index is 0.0122. The molecule has 0 N–H and O–H groups in total. The topological polar surface area (TPSA) is 27.7 Å². The van der Waals surface area contributed by atoms with E-state index in [1.54, 1.807) is 0 Å². The summed E-state index contributed by atoms with van der Waals surface area (Å²) >= 11 is 0. The van der Waals surface area contributed by atoms with Gasteiger partial charge in [-0.1, -0.05) is 88.0 Å². The van der Waals surface area contributed by atoms with Crippen molar-refractivity contribution in [2.45, 2.75) is 25.8 Å². The Morgan fingerprint density at radius 2 is 1.31 bits per heavy atom. The quantitative estimate of drug-likeness (QED) is 0.362. The number of hydrogen-bond acceptors (Lipinski definition) is 3. The van der Waals surface area contributed by atoms with Crippen molar-refractivity contribution < 1.29 is 13.9 Å². The maximum absolute atomic E-state index is 6.73. The molecule has 0 fully saturated rings. The molecule has 0 atom stereocenters. The summed E-state index contributed by atoms with van der Waals surface area (Å²) in [7, 11) is -2.45. The first-order chi connectivity index (χ1) is 12.5. The first-order valence-corrected chi connectivity index (χ1v) is 11.0. The number of rotatable bonds is 10. The zero-order valence-corrected chi connectivity index (χ0v) is 17.1. The van der Waals surface area contributed by atoms with Crippen LogP contribution in [0.3, 0.4) is 0 Å². The lowest BCUT2D eigenvalue weighted by Crippen LogP contribution is -2.66. The van der Waals surface area contributed by atoms with E-state index in [4.69, 9.17) is 13.9 Å². The second-order valence-electron chi connectivity index (χ2n) is 7.16. The normalized spacial score (nSPS) is 12.0. The SMILES string of the molecule is C=COCCOCCO[Si](c1ccccc1)(c1ccccc1)C(C)(C)C. The first kappa shape index (κ1) is 20.4. The third-order valence-corrected chi connectivity index (χ3v) is 9.47. The predicted octanol–water partition coefficient (Wildman–Crippen LogP) is 3.74. The molecule has 2 rings (SSSR count). The van der Waals surface area contributed by atoms with Crippen LogP contribution < -0.4 is 10.4 Å². The van der Waals surface area contributed by atoms with Crippen LogP contribution in [-0.2, 0) is 13.9 Å². The van der Waals surface area contributed by atoms with Gasteiger partial charge in [-0.3, -0.25) is 0 Å². The van der Waals surface area contributed by atoms with E-state index >= 15 is 0 Å². The van der Waals surface area contributed by atoms with E-state index in [1.807, 2.05) is 0 Å². The van der Waals surface area contributed by atoms with Crippen LogP contribution in [0.4, 0.5) is 0 Å². The third kappa shape index (κ3) is 4.85. The molecule has 3 nitrogen and oxygen atoms in total. The summed E-state index contributed by atoms with van der Waals surface area (Å²) in [5, 5.41) is 2.56. The standard InChI is InChI=1S/C22H30O3Si/c1-5-23-16-17-24-18-19-25-26(22(2,3)4,20-12-8-6-9-13-20)21-14-10-7-11-15-21/h5-15H,1,16-19H2,2-4H3. The lowest BCUT2D eigenvalue weighted by atomic mass is 10.2. The van der Waals surface area contributed by atoms with Crippen molar-refractivity contribution >= 4 is 18.7 Å². The van der Waals surface area contributed by atoms with Crippen molar-refractivity contribution in [2.75, 3.05) is 26.4 Å². The highest BCUT2D eigenvalue weighted by atomic mass is 28.4. The van der Waals surface area contributed by atoms with Gasteiger partial charge in [-0.25, -0.2) is 0 Å². The molecule has 0 radical (unpaired) electrons. The van der Waals surface area contributed by atoms with Crippen LogP contribution in [0.2, 0.25) is 5.04 Å². The van der Waals surface area contributed by atoms with Gasteiger partial charge in [0, 0.05) is 0 Å². The van der Waals surface area contributed by atoms with Crippen molar-refractivity contribution in [3.05, 3.63) is 73.5 Å². The zero-order valence-electron chi connectivity index (χ0n) is 16.1. The van der Waals surface area contributed by atoms with Crippen molar-refractivity contribution in [1.29, 1.82) is 0 Å². The second-order valence-corrected chi connectivity index (χ2v) is 11.5. The summed E-state index contributed by atoms with van der Waals surface area (Å²) in [5.41, 5.74) is 0. The molecule has 0 aliphatic rings. The molecule has 0 aliphatic heterocycles. The molecule has 0 saturated carbocycles. The lowest BCUT2D eigenvalue weighted by Gasteiger charge is -2.43. The molecule has 2 aromatic rings. The summed E-state index contributed by atoms with van der Waals surface area (Å²) in [6.45, 7) is 12.5. The van der Waals surface area contributed by atoms with E-state index < -0.39 is 8.32 Å². The fraction of sp³-hybridized carbons (Fsp3) is 0.364. The molecule has 0 amide bonds. The van der Waals surface area contributed by atoms with Crippen LogP contribution in [-0.4, -0.2) is 34.7 Å². The molecule has 0 aromatic heterocycles. The van der Waals surface area contributed by atoms with Gasteiger partial charge in [0.25, 0.3) is 8.32 Å². The molecule has 140 valence electrons. The number of ether oxygens (including phenoxy) is 2. The third-order valence-electron chi connectivity index (χ3n) is 4.43. The van der Waals surface area contributed by atoms with E-state index in [0.717, 1.165) is 0 Å². The molecule has 0 heterocycles. The van der Waals surface area contributed by atoms with Crippen LogP contribution >= 0.6 is 0 Å². The van der Waals surface area contributed by atoms with E-state index in [9.17, 15) is 0 Å². The molecule has 0 bridgehead atoms. The van der Waals surface area contributed by atoms with Crippen LogP contribution in [0, 0.1) is 0 Å². The average molecular weight is 371 g/mol. The van der Waals surface area contributed by atoms with E-state index in [2.05, 4.69) is 88.0 Å². The summed E-state index contributed by atoms with van der Waals surface area (Å²) in [5.74, 6) is 0. The van der Waals surface area contributed by atoms with Crippen molar-refractivity contribution in [2.24, 2.45) is 0 Å². The maximum atomic E-state index is 6.73. The fourth-order valence-electron chi connectivity index (χ4n) is 3.31. The molecule has 0 spiro atoms. The van der Waals surface area contributed by atoms with Crippen molar-refractivity contribution in [3.8, 4) is 0 Å². The molecular formula is C22H30O3Si. The van der Waals surface area contributed by atoms with Gasteiger partial charge in [-0.2, -0.15) is 0 Å². The molecule has 2 aromatic carbocycles. The molecular weight excluding hydrogens is 340 g/mol. The van der Waals surface area contributed by atoms with E-state index in [-0.39, 0.29) is 5.04 Å². The van der Waals surface area contributed by atoms with Gasteiger partial charge in [0.15, 0.2) is 0 Å². The Morgan fingerprint density at radius 1 is 0.808 bits per heavy atom. The molecule has 4 heteroatoms. The van der Waals surface area contributed by atoms with Crippen LogP contribution in [0.1, 0.15) is 20.8 Å². The van der Waals surface area contributed by atoms with Crippen LogP contribution in [0.15, 0.2) is 73.5 Å². The number of hydrogen-bond donors (Lipinski definition) is 0. The Kier molecular flexibility index (Phi) is 7.63. The molecule has 26 heavy (non-hydrogen) atoms. The lowest BCUT2D eigenvalue weighted by molar-refractivity contribution is 0.0634. The van der Waals surface area contributed by atoms with Gasteiger partial charge in [0.05, 0.1) is 26.1 Å². The second kappa shape index (κ2) is 9.71. The van der Waals surface area contributed by atoms with Gasteiger partial charge >= 0.3 is 0 Å². The van der Waals surface area contributed by atoms with Crippen molar-refractivity contribution in [3.63, 3.8) is 0 Å². The van der Waals surface area contributed by atoms with Gasteiger partial charge in [-0.15, -0.1) is 0 Å². The molecule has 0 aliphatic carbocycles. The summed E-state index contributed by atoms with van der Waals surface area (Å²) < 4.78 is 17.4. The zero-order chi connectivity index (χ0) is 18.9. The summed E-state index contributed by atoms with van der Waals surface area (Å²) in [6.07, 6.45) is 1.43. The van der Waals surface area contributed by atoms with Gasteiger partial charge in [-0.05, 0) is 15.4 Å². The van der Waals surface area contributed by atoms with Gasteiger partial charge < -0.3 is 13.9 Å². The van der Waals surface area contributed by atoms with E-state index in [1.165, 1.54) is 16.6 Å². The fourth-order valence-corrected chi connectivity index (χ4v) is 7.85. The van der Waals surface area contributed by atoms with Gasteiger partial charge in [0.1, 0.15) is 6.61 Å². The van der Waals surface area contributed by atoms with Crippen LogP contribution in [0.25, 0.3) is 0 Å². The highest BCUT2D eigenvalue weighted by Gasteiger charge is 2.49. The maximum Gasteiger partial charge on any atom is 0.261 e. The minimum Gasteiger partial charge on any atom is -0.499 e. The first-order valence-electron chi connectivity index (χ1n) is 9.07. The monoisotopic (exact) mass is 370 g/mol. The molecule has 0 saturated heterocycles. The smallest absolute Gasteiger partial charge is 0.261 e. The van der Waals surface area contributed by atoms with Gasteiger partial charge in [0.2, 0.25) is 0 Å². The Hall–Kier alpha value is -1.88. The summed E-state index contributed by atoms with van der Waals surface area (Å²) in [4.78, 5) is 0. The average Bonchev–Trinajstić information content (AvgIpc) is 2.64. The van der Waals surface area contributed by atoms with Crippen molar-refractivity contribution in [1.82, 2.24) is 0 Å². The highest BCUT2D eigenvalue weighted by Crippen LogP contribution is 2.36. The Morgan fingerprint density at radius 3 is 1.77 bits per heavy atom. The summed E-state index contributed by atoms with van der Waals surface area (Å²) in [6, 6.07) is 21.3. The van der Waals surface area contributed by atoms with E-state index in [0.29, 0.717) is 26.4 Å². The minimum atomic E-state index is -2.45. The largest absolute Gasteiger partial charge is 0.499 e. The predicted molar refractivity (Wildman–Crippen MR) is 111 cm³/mol. The number of benzene rings is 2. The molecule has 0 unspecified atom stereocenters. The highest BCUT2D eigenvalue weighted by molar-refractivity contribution is 6.99. The Balaban J connectivity index is 2.25. The van der Waals surface area contributed by atoms with Crippen LogP contribution in [0.5, 0.6) is 0 Å². The Labute approximate surface area is 158 Å².